The van der Waals surface area contributed by atoms with Gasteiger partial charge in [-0.05, 0) is 80.2 Å². The van der Waals surface area contributed by atoms with Crippen molar-refractivity contribution >= 4 is 44.3 Å². The number of imidazole rings is 1. The summed E-state index contributed by atoms with van der Waals surface area (Å²) in [6.07, 6.45) is 0.869. The Morgan fingerprint density at radius 2 is 1.32 bits per heavy atom. The number of nitrogens with zero attached hydrogens (tertiary/aromatic N) is 3. The Morgan fingerprint density at radius 1 is 0.700 bits per heavy atom. The third kappa shape index (κ3) is 3.28. The molecule has 188 valence electrons. The average Bonchev–Trinajstić information content (AvgIpc) is 3.40. The van der Waals surface area contributed by atoms with Crippen molar-refractivity contribution < 1.29 is 0 Å². The fraction of sp³-hybridized carbons (Fsp3) is 0.0556. The van der Waals surface area contributed by atoms with E-state index in [2.05, 4.69) is 115 Å². The van der Waals surface area contributed by atoms with Gasteiger partial charge in [0, 0.05) is 16.2 Å². The number of para-hydroxylation sites is 1. The highest BCUT2D eigenvalue weighted by molar-refractivity contribution is 7.99. The van der Waals surface area contributed by atoms with Crippen LogP contribution in [0, 0.1) is 11.3 Å². The monoisotopic (exact) mass is 529 g/mol. The maximum absolute atomic E-state index is 9.35. The standard InChI is InChI=1S/C36H23N3S/c1-2-33-38-29-12-7-13-32-36(29)39(33)30-20-24(18-19-31(30)40-32)35-27-10-5-3-8-25(27)34(26-9-4-6-11-28(26)35)23-16-14-22(21-37)15-17-23/h3-20H,2H2,1H3. The smallest absolute Gasteiger partial charge is 0.114 e. The third-order valence-electron chi connectivity index (χ3n) is 7.97. The molecular weight excluding hydrogens is 506 g/mol. The fourth-order valence-electron chi connectivity index (χ4n) is 6.24. The van der Waals surface area contributed by atoms with Crippen LogP contribution in [0.15, 0.2) is 119 Å². The number of nitriles is 1. The quantitative estimate of drug-likeness (QED) is 0.214. The third-order valence-corrected chi connectivity index (χ3v) is 9.08. The molecule has 1 aliphatic heterocycles. The fourth-order valence-corrected chi connectivity index (χ4v) is 7.30. The van der Waals surface area contributed by atoms with Crippen LogP contribution in [0.25, 0.3) is 60.5 Å². The minimum atomic E-state index is 0.669. The van der Waals surface area contributed by atoms with Crippen LogP contribution in [0.4, 0.5) is 0 Å². The average molecular weight is 530 g/mol. The molecule has 6 aromatic carbocycles. The maximum Gasteiger partial charge on any atom is 0.114 e. The molecule has 0 N–H and O–H groups in total. The van der Waals surface area contributed by atoms with Gasteiger partial charge in [-0.25, -0.2) is 4.98 Å². The SMILES string of the molecule is CCc1nc2cccc3c2n1-c1cc(-c2c4ccccc4c(-c4ccc(C#N)cc4)c4ccccc24)ccc1S3. The van der Waals surface area contributed by atoms with Crippen molar-refractivity contribution in [1.29, 1.82) is 5.26 Å². The van der Waals surface area contributed by atoms with E-state index >= 15 is 0 Å². The van der Waals surface area contributed by atoms with E-state index < -0.39 is 0 Å². The zero-order chi connectivity index (χ0) is 26.8. The Balaban J connectivity index is 1.44. The first kappa shape index (κ1) is 23.1. The van der Waals surface area contributed by atoms with E-state index in [1.54, 1.807) is 0 Å². The topological polar surface area (TPSA) is 41.6 Å². The minimum Gasteiger partial charge on any atom is -0.294 e. The van der Waals surface area contributed by atoms with Crippen LogP contribution >= 0.6 is 11.8 Å². The number of hydrogen-bond donors (Lipinski definition) is 0. The number of aryl methyl sites for hydroxylation is 1. The first-order valence-electron chi connectivity index (χ1n) is 13.5. The van der Waals surface area contributed by atoms with Crippen molar-refractivity contribution in [2.75, 3.05) is 0 Å². The Labute approximate surface area is 236 Å². The van der Waals surface area contributed by atoms with Crippen LogP contribution in [0.2, 0.25) is 0 Å². The van der Waals surface area contributed by atoms with E-state index in [-0.39, 0.29) is 0 Å². The molecule has 1 aromatic heterocycles. The van der Waals surface area contributed by atoms with Crippen molar-refractivity contribution in [3.8, 4) is 34.0 Å². The zero-order valence-electron chi connectivity index (χ0n) is 21.8. The lowest BCUT2D eigenvalue weighted by molar-refractivity contribution is 0.888. The molecule has 7 aromatic rings. The van der Waals surface area contributed by atoms with E-state index in [1.807, 2.05) is 23.9 Å². The van der Waals surface area contributed by atoms with E-state index in [1.165, 1.54) is 59.2 Å². The highest BCUT2D eigenvalue weighted by Crippen LogP contribution is 2.47. The molecule has 0 radical (unpaired) electrons. The lowest BCUT2D eigenvalue weighted by Crippen LogP contribution is -2.06. The molecule has 0 atom stereocenters. The molecule has 2 heterocycles. The second kappa shape index (κ2) is 8.84. The number of aromatic nitrogens is 2. The second-order valence-electron chi connectivity index (χ2n) is 10.2. The molecule has 0 unspecified atom stereocenters. The summed E-state index contributed by atoms with van der Waals surface area (Å²) < 4.78 is 2.37. The van der Waals surface area contributed by atoms with Crippen LogP contribution in [-0.2, 0) is 6.42 Å². The van der Waals surface area contributed by atoms with Crippen molar-refractivity contribution in [3.63, 3.8) is 0 Å². The molecule has 0 saturated carbocycles. The molecule has 4 heteroatoms. The maximum atomic E-state index is 9.35. The first-order valence-corrected chi connectivity index (χ1v) is 14.3. The Bertz CT molecular complexity index is 2130. The van der Waals surface area contributed by atoms with Gasteiger partial charge in [-0.15, -0.1) is 0 Å². The van der Waals surface area contributed by atoms with Crippen molar-refractivity contribution in [1.82, 2.24) is 9.55 Å². The van der Waals surface area contributed by atoms with Gasteiger partial charge >= 0.3 is 0 Å². The van der Waals surface area contributed by atoms with E-state index in [9.17, 15) is 5.26 Å². The summed E-state index contributed by atoms with van der Waals surface area (Å²) in [5.41, 5.74) is 8.88. The van der Waals surface area contributed by atoms with Crippen LogP contribution in [0.5, 0.6) is 0 Å². The van der Waals surface area contributed by atoms with Gasteiger partial charge in [0.25, 0.3) is 0 Å². The Kier molecular flexibility index (Phi) is 5.10. The van der Waals surface area contributed by atoms with E-state index in [0.29, 0.717) is 5.56 Å². The molecule has 0 aliphatic carbocycles. The molecule has 40 heavy (non-hydrogen) atoms. The lowest BCUT2D eigenvalue weighted by atomic mass is 9.86. The second-order valence-corrected chi connectivity index (χ2v) is 11.2. The number of benzene rings is 6. The summed E-state index contributed by atoms with van der Waals surface area (Å²) in [7, 11) is 0. The summed E-state index contributed by atoms with van der Waals surface area (Å²) in [6.45, 7) is 2.18. The molecule has 0 spiro atoms. The van der Waals surface area contributed by atoms with E-state index in [4.69, 9.17) is 4.98 Å². The number of rotatable bonds is 3. The summed E-state index contributed by atoms with van der Waals surface area (Å²) in [6, 6.07) is 40.9. The number of hydrogen-bond acceptors (Lipinski definition) is 3. The predicted molar refractivity (Wildman–Crippen MR) is 165 cm³/mol. The van der Waals surface area contributed by atoms with Gasteiger partial charge in [0.05, 0.1) is 28.4 Å². The summed E-state index contributed by atoms with van der Waals surface area (Å²) in [5, 5.41) is 14.2. The molecule has 0 saturated heterocycles. The van der Waals surface area contributed by atoms with Crippen molar-refractivity contribution in [2.45, 2.75) is 23.1 Å². The van der Waals surface area contributed by atoms with Gasteiger partial charge in [0.1, 0.15) is 5.82 Å². The first-order chi connectivity index (χ1) is 19.7. The Morgan fingerprint density at radius 3 is 1.95 bits per heavy atom. The number of fused-ring (bicyclic) bond motifs is 4. The lowest BCUT2D eigenvalue weighted by Gasteiger charge is -2.22. The molecule has 8 rings (SSSR count). The molecule has 0 bridgehead atoms. The van der Waals surface area contributed by atoms with Gasteiger partial charge in [-0.3, -0.25) is 4.57 Å². The summed E-state index contributed by atoms with van der Waals surface area (Å²) in [4.78, 5) is 7.50. The van der Waals surface area contributed by atoms with Gasteiger partial charge < -0.3 is 0 Å². The van der Waals surface area contributed by atoms with Crippen molar-refractivity contribution in [2.24, 2.45) is 0 Å². The van der Waals surface area contributed by atoms with Gasteiger partial charge in [-0.1, -0.05) is 91.5 Å². The molecule has 1 aliphatic rings. The van der Waals surface area contributed by atoms with Crippen molar-refractivity contribution in [3.05, 3.63) is 121 Å². The highest BCUT2D eigenvalue weighted by Gasteiger charge is 2.24. The van der Waals surface area contributed by atoms with Crippen LogP contribution in [0.1, 0.15) is 18.3 Å². The largest absolute Gasteiger partial charge is 0.294 e. The highest BCUT2D eigenvalue weighted by atomic mass is 32.2. The minimum absolute atomic E-state index is 0.669. The predicted octanol–water partition coefficient (Wildman–Crippen LogP) is 9.56. The van der Waals surface area contributed by atoms with E-state index in [0.717, 1.165) is 23.3 Å². The summed E-state index contributed by atoms with van der Waals surface area (Å²) >= 11 is 1.83. The summed E-state index contributed by atoms with van der Waals surface area (Å²) in [5.74, 6) is 1.09. The Hall–Kier alpha value is -4.85. The molecule has 0 amide bonds. The molecule has 0 fully saturated rings. The van der Waals surface area contributed by atoms with Crippen LogP contribution < -0.4 is 0 Å². The van der Waals surface area contributed by atoms with Crippen LogP contribution in [0.3, 0.4) is 0 Å². The van der Waals surface area contributed by atoms with Gasteiger partial charge in [0.2, 0.25) is 0 Å². The molecule has 3 nitrogen and oxygen atoms in total. The zero-order valence-corrected chi connectivity index (χ0v) is 22.7. The van der Waals surface area contributed by atoms with Gasteiger partial charge in [-0.2, -0.15) is 5.26 Å². The van der Waals surface area contributed by atoms with Gasteiger partial charge in [0.15, 0.2) is 0 Å². The molecular formula is C36H23N3S. The van der Waals surface area contributed by atoms with Crippen LogP contribution in [-0.4, -0.2) is 9.55 Å². The normalized spacial score (nSPS) is 12.1.